The molecule has 0 radical (unpaired) electrons. The van der Waals surface area contributed by atoms with Crippen LogP contribution in [0.25, 0.3) is 0 Å². The molecule has 4 amide bonds. The molecular weight excluding hydrogens is 406 g/mol. The summed E-state index contributed by atoms with van der Waals surface area (Å²) in [6.07, 6.45) is 2.64. The van der Waals surface area contributed by atoms with E-state index >= 15 is 0 Å². The van der Waals surface area contributed by atoms with Gasteiger partial charge in [0, 0.05) is 50.1 Å². The van der Waals surface area contributed by atoms with Crippen molar-refractivity contribution in [2.45, 2.75) is 56.3 Å². The molecule has 0 unspecified atom stereocenters. The summed E-state index contributed by atoms with van der Waals surface area (Å²) in [6.45, 7) is 2.34. The first-order valence-corrected chi connectivity index (χ1v) is 11.5. The minimum atomic E-state index is -0.297. The van der Waals surface area contributed by atoms with Crippen LogP contribution in [0.2, 0.25) is 0 Å². The van der Waals surface area contributed by atoms with Gasteiger partial charge in [-0.3, -0.25) is 14.5 Å². The van der Waals surface area contributed by atoms with Crippen molar-refractivity contribution in [3.8, 4) is 0 Å². The molecule has 1 aromatic rings. The first kappa shape index (κ1) is 21.1. The number of nitrogens with zero attached hydrogens (tertiary/aromatic N) is 2. The number of nitrogens with one attached hydrogen (secondary N) is 3. The number of fused-ring (bicyclic) bond motifs is 1. The third-order valence-electron chi connectivity index (χ3n) is 6.25. The van der Waals surface area contributed by atoms with Crippen molar-refractivity contribution in [3.05, 3.63) is 16.8 Å². The number of piperidine rings is 1. The number of likely N-dealkylation sites (tertiary alicyclic amines) is 1. The third kappa shape index (κ3) is 4.93. The molecule has 3 atom stereocenters. The Bertz CT molecular complexity index is 765. The quantitative estimate of drug-likeness (QED) is 0.540. The predicted molar refractivity (Wildman–Crippen MR) is 113 cm³/mol. The topological polar surface area (TPSA) is 114 Å². The third-order valence-corrected chi connectivity index (χ3v) is 6.93. The number of piperazine rings is 1. The molecule has 3 aliphatic heterocycles. The predicted octanol–water partition coefficient (Wildman–Crippen LogP) is 0.574. The zero-order chi connectivity index (χ0) is 21.1. The molecule has 3 fully saturated rings. The summed E-state index contributed by atoms with van der Waals surface area (Å²) in [4.78, 5) is 41.1. The highest BCUT2D eigenvalue weighted by molar-refractivity contribution is 7.08. The Morgan fingerprint density at radius 3 is 2.83 bits per heavy atom. The van der Waals surface area contributed by atoms with Gasteiger partial charge in [0.1, 0.15) is 0 Å². The van der Waals surface area contributed by atoms with Gasteiger partial charge in [-0.15, -0.1) is 0 Å². The normalized spacial score (nSPS) is 27.4. The molecule has 10 heteroatoms. The van der Waals surface area contributed by atoms with Gasteiger partial charge in [0.2, 0.25) is 11.8 Å². The molecule has 4 heterocycles. The number of anilines is 1. The average molecular weight is 436 g/mol. The van der Waals surface area contributed by atoms with E-state index in [2.05, 4.69) is 20.9 Å². The number of hydrogen-bond donors (Lipinski definition) is 4. The monoisotopic (exact) mass is 435 g/mol. The van der Waals surface area contributed by atoms with Crippen LogP contribution in [0.4, 0.5) is 10.5 Å². The van der Waals surface area contributed by atoms with E-state index in [4.69, 9.17) is 0 Å². The SMILES string of the molecule is O=C(Nc1ccsc1)N[C@H]1C[C@H]2C(=O)NC[C@@H](CCC(=O)N3CCC(O)CC3)N2C1. The Balaban J connectivity index is 1.28. The summed E-state index contributed by atoms with van der Waals surface area (Å²) in [6, 6.07) is 1.28. The minimum Gasteiger partial charge on any atom is -0.393 e. The smallest absolute Gasteiger partial charge is 0.319 e. The highest BCUT2D eigenvalue weighted by atomic mass is 32.1. The average Bonchev–Trinajstić information content (AvgIpc) is 3.38. The number of amides is 4. The second kappa shape index (κ2) is 9.32. The molecule has 9 nitrogen and oxygen atoms in total. The molecule has 164 valence electrons. The van der Waals surface area contributed by atoms with Crippen LogP contribution in [0.3, 0.4) is 0 Å². The molecule has 0 aromatic carbocycles. The van der Waals surface area contributed by atoms with E-state index in [1.807, 2.05) is 21.7 Å². The number of carbonyl (C=O) groups excluding carboxylic acids is 3. The molecule has 0 bridgehead atoms. The Kier molecular flexibility index (Phi) is 6.55. The fourth-order valence-electron chi connectivity index (χ4n) is 4.60. The van der Waals surface area contributed by atoms with Crippen LogP contribution in [0.5, 0.6) is 0 Å². The van der Waals surface area contributed by atoms with E-state index in [1.165, 1.54) is 11.3 Å². The van der Waals surface area contributed by atoms with Crippen LogP contribution >= 0.6 is 11.3 Å². The molecule has 0 saturated carbocycles. The van der Waals surface area contributed by atoms with Crippen molar-refractivity contribution < 1.29 is 19.5 Å². The molecule has 0 aliphatic carbocycles. The summed E-state index contributed by atoms with van der Waals surface area (Å²) in [7, 11) is 0. The van der Waals surface area contributed by atoms with Crippen LogP contribution in [0.15, 0.2) is 16.8 Å². The fourth-order valence-corrected chi connectivity index (χ4v) is 5.19. The van der Waals surface area contributed by atoms with Crippen LogP contribution in [-0.4, -0.2) is 83.2 Å². The first-order chi connectivity index (χ1) is 14.5. The summed E-state index contributed by atoms with van der Waals surface area (Å²) < 4.78 is 0. The van der Waals surface area contributed by atoms with Crippen molar-refractivity contribution in [1.29, 1.82) is 0 Å². The lowest BCUT2D eigenvalue weighted by Crippen LogP contribution is -2.58. The zero-order valence-electron chi connectivity index (χ0n) is 16.9. The van der Waals surface area contributed by atoms with Gasteiger partial charge in [-0.1, -0.05) is 0 Å². The maximum Gasteiger partial charge on any atom is 0.319 e. The summed E-state index contributed by atoms with van der Waals surface area (Å²) in [5.41, 5.74) is 0.757. The van der Waals surface area contributed by atoms with Gasteiger partial charge < -0.3 is 26.0 Å². The number of aliphatic hydroxyl groups is 1. The van der Waals surface area contributed by atoms with Gasteiger partial charge in [-0.05, 0) is 37.1 Å². The van der Waals surface area contributed by atoms with Crippen LogP contribution in [-0.2, 0) is 9.59 Å². The maximum absolute atomic E-state index is 12.5. The van der Waals surface area contributed by atoms with Gasteiger partial charge in [-0.2, -0.15) is 11.3 Å². The Hall–Kier alpha value is -2.17. The van der Waals surface area contributed by atoms with Gasteiger partial charge in [0.15, 0.2) is 0 Å². The van der Waals surface area contributed by atoms with E-state index in [9.17, 15) is 19.5 Å². The second-order valence-corrected chi connectivity index (χ2v) is 9.09. The molecule has 0 spiro atoms. The summed E-state index contributed by atoms with van der Waals surface area (Å²) in [5.74, 6) is 0.101. The molecule has 30 heavy (non-hydrogen) atoms. The number of rotatable bonds is 5. The van der Waals surface area contributed by atoms with Crippen LogP contribution in [0.1, 0.15) is 32.1 Å². The van der Waals surface area contributed by atoms with Crippen molar-refractivity contribution in [2.24, 2.45) is 0 Å². The Morgan fingerprint density at radius 2 is 2.10 bits per heavy atom. The lowest BCUT2D eigenvalue weighted by Gasteiger charge is -2.37. The van der Waals surface area contributed by atoms with Crippen molar-refractivity contribution in [3.63, 3.8) is 0 Å². The van der Waals surface area contributed by atoms with Gasteiger partial charge in [0.05, 0.1) is 17.8 Å². The van der Waals surface area contributed by atoms with Crippen molar-refractivity contribution in [1.82, 2.24) is 20.4 Å². The van der Waals surface area contributed by atoms with Crippen molar-refractivity contribution >= 4 is 34.9 Å². The highest BCUT2D eigenvalue weighted by Gasteiger charge is 2.43. The molecule has 4 rings (SSSR count). The van der Waals surface area contributed by atoms with Crippen molar-refractivity contribution in [2.75, 3.05) is 31.5 Å². The largest absolute Gasteiger partial charge is 0.393 e. The molecule has 3 saturated heterocycles. The highest BCUT2D eigenvalue weighted by Crippen LogP contribution is 2.26. The minimum absolute atomic E-state index is 0.00913. The standard InChI is InChI=1S/C20H29N5O4S/c26-16-3-6-24(7-4-16)18(27)2-1-15-10-21-19(28)17-9-14(11-25(15)17)23-20(29)22-13-5-8-30-12-13/h5,8,12,14-17,26H,1-4,6-7,9-11H2,(H,21,28)(H2,22,23,29)/t14-,15+,17-/m0/s1. The van der Waals surface area contributed by atoms with E-state index in [0.29, 0.717) is 58.3 Å². The lowest BCUT2D eigenvalue weighted by molar-refractivity contribution is -0.134. The number of hydrogen-bond acceptors (Lipinski definition) is 6. The fraction of sp³-hybridized carbons (Fsp3) is 0.650. The van der Waals surface area contributed by atoms with E-state index in [1.54, 1.807) is 0 Å². The van der Waals surface area contributed by atoms with Gasteiger partial charge >= 0.3 is 6.03 Å². The Labute approximate surface area is 179 Å². The Morgan fingerprint density at radius 1 is 1.30 bits per heavy atom. The maximum atomic E-state index is 12.5. The van der Waals surface area contributed by atoms with E-state index in [-0.39, 0.29) is 42.1 Å². The second-order valence-electron chi connectivity index (χ2n) is 8.31. The lowest BCUT2D eigenvalue weighted by atomic mass is 10.0. The number of thiophene rings is 1. The van der Waals surface area contributed by atoms with E-state index in [0.717, 1.165) is 5.69 Å². The summed E-state index contributed by atoms with van der Waals surface area (Å²) >= 11 is 1.51. The van der Waals surface area contributed by atoms with Crippen LogP contribution < -0.4 is 16.0 Å². The number of carbonyl (C=O) groups is 3. The van der Waals surface area contributed by atoms with Gasteiger partial charge in [0.25, 0.3) is 0 Å². The number of aliphatic hydroxyl groups excluding tert-OH is 1. The summed E-state index contributed by atoms with van der Waals surface area (Å²) in [5, 5.41) is 22.1. The number of urea groups is 1. The molecule has 3 aliphatic rings. The van der Waals surface area contributed by atoms with Gasteiger partial charge in [-0.25, -0.2) is 4.79 Å². The molecular formula is C20H29N5O4S. The van der Waals surface area contributed by atoms with E-state index < -0.39 is 0 Å². The van der Waals surface area contributed by atoms with Crippen LogP contribution in [0, 0.1) is 0 Å². The first-order valence-electron chi connectivity index (χ1n) is 10.6. The molecule has 1 aromatic heterocycles. The zero-order valence-corrected chi connectivity index (χ0v) is 17.7. The molecule has 4 N–H and O–H groups in total.